The maximum atomic E-state index is 17.7. The van der Waals surface area contributed by atoms with E-state index in [0.29, 0.717) is 0 Å². The van der Waals surface area contributed by atoms with Gasteiger partial charge in [-0.1, -0.05) is 43.5 Å². The summed E-state index contributed by atoms with van der Waals surface area (Å²) in [6.07, 6.45) is -0.0235. The Morgan fingerprint density at radius 3 is 2.58 bits per heavy atom. The number of halogens is 2. The van der Waals surface area contributed by atoms with Crippen molar-refractivity contribution in [2.24, 2.45) is 28.6 Å². The van der Waals surface area contributed by atoms with Crippen LogP contribution in [0.2, 0.25) is 0 Å². The van der Waals surface area contributed by atoms with E-state index in [2.05, 4.69) is 11.8 Å². The Morgan fingerprint density at radius 2 is 1.92 bits per heavy atom. The van der Waals surface area contributed by atoms with Crippen LogP contribution in [-0.2, 0) is 33.4 Å². The van der Waals surface area contributed by atoms with E-state index in [0.717, 1.165) is 24.8 Å². The van der Waals surface area contributed by atoms with Gasteiger partial charge in [-0.3, -0.25) is 14.4 Å². The van der Waals surface area contributed by atoms with E-state index in [1.54, 1.807) is 13.8 Å². The summed E-state index contributed by atoms with van der Waals surface area (Å²) in [5, 5.41) is 11.2. The number of aliphatic hydroxyl groups excluding tert-OH is 1. The van der Waals surface area contributed by atoms with Gasteiger partial charge < -0.3 is 23.7 Å². The Kier molecular flexibility index (Phi) is 9.58. The SMILES string of the molecule is CC(=O)O[C@@H](C)C(=O)OCC#CCSC(=O)[C@@]1(OC(=O)c2ccco2)[C@H](C)C[C@H]2[C@@H]3C[C@H](F)C4=CC(=O)C=C[C@]4(C)[C@@]3(F)[C@@H](O)C[C@@]21C. The second-order valence-corrected chi connectivity index (χ2v) is 14.3. The third kappa shape index (κ3) is 5.50. The standard InChI is InChI=1S/C35H38F2O10S/c1-19-15-23-24-17-26(36)25-16-22(39)10-11-32(25,4)34(24,37)28(40)18-33(23,5)35(19,47-30(42)27-9-8-13-44-27)31(43)48-14-7-6-12-45-29(41)20(2)46-21(3)38/h8-11,13,16,19-20,23-24,26,28,40H,12,14-15,17-18H2,1-5H3/t19-,20+,23+,24+,26+,28+,32+,33+,34+,35+/m1/s1. The fourth-order valence-corrected chi connectivity index (χ4v) is 9.64. The van der Waals surface area contributed by atoms with Gasteiger partial charge in [-0.25, -0.2) is 18.4 Å². The lowest BCUT2D eigenvalue weighted by molar-refractivity contribution is -0.221. The highest BCUT2D eigenvalue weighted by atomic mass is 32.2. The van der Waals surface area contributed by atoms with Gasteiger partial charge in [-0.2, -0.15) is 0 Å². The molecule has 48 heavy (non-hydrogen) atoms. The van der Waals surface area contributed by atoms with E-state index < -0.39 is 87.0 Å². The minimum atomic E-state index is -2.38. The number of carbonyl (C=O) groups is 5. The molecule has 1 aromatic rings. The molecule has 0 spiro atoms. The molecule has 5 rings (SSSR count). The predicted octanol–water partition coefficient (Wildman–Crippen LogP) is 4.50. The average molecular weight is 689 g/mol. The molecule has 0 aromatic carbocycles. The molecule has 1 aromatic heterocycles. The number of alkyl halides is 2. The first-order chi connectivity index (χ1) is 22.5. The zero-order chi connectivity index (χ0) is 35.2. The van der Waals surface area contributed by atoms with E-state index in [9.17, 15) is 29.1 Å². The van der Waals surface area contributed by atoms with Crippen LogP contribution in [0.3, 0.4) is 0 Å². The number of fused-ring (bicyclic) bond motifs is 5. The first kappa shape index (κ1) is 35.5. The number of ketones is 1. The van der Waals surface area contributed by atoms with Crippen LogP contribution in [0.1, 0.15) is 64.4 Å². The number of aliphatic hydroxyl groups is 1. The van der Waals surface area contributed by atoms with Gasteiger partial charge in [0.1, 0.15) is 6.17 Å². The number of thioether (sulfide) groups is 1. The summed E-state index contributed by atoms with van der Waals surface area (Å²) in [4.78, 5) is 63.0. The van der Waals surface area contributed by atoms with Gasteiger partial charge in [0.2, 0.25) is 10.9 Å². The van der Waals surface area contributed by atoms with Crippen molar-refractivity contribution >= 4 is 40.6 Å². The second kappa shape index (κ2) is 12.9. The molecule has 10 nitrogen and oxygen atoms in total. The Labute approximate surface area is 281 Å². The number of carbonyl (C=O) groups excluding carboxylic acids is 5. The van der Waals surface area contributed by atoms with E-state index in [1.165, 1.54) is 44.4 Å². The van der Waals surface area contributed by atoms with E-state index in [4.69, 9.17) is 18.6 Å². The third-order valence-electron chi connectivity index (χ3n) is 10.8. The summed E-state index contributed by atoms with van der Waals surface area (Å²) in [6, 6.07) is 2.86. The molecule has 1 N–H and O–H groups in total. The number of rotatable bonds is 7. The van der Waals surface area contributed by atoms with Crippen LogP contribution in [-0.4, -0.2) is 75.9 Å². The van der Waals surface area contributed by atoms with Crippen LogP contribution in [0.4, 0.5) is 8.78 Å². The Balaban J connectivity index is 1.44. The zero-order valence-corrected chi connectivity index (χ0v) is 28.1. The van der Waals surface area contributed by atoms with Crippen molar-refractivity contribution in [2.75, 3.05) is 12.4 Å². The van der Waals surface area contributed by atoms with Crippen LogP contribution in [0.5, 0.6) is 0 Å². The van der Waals surface area contributed by atoms with Crippen molar-refractivity contribution in [1.82, 2.24) is 0 Å². The molecule has 258 valence electrons. The number of hydrogen-bond acceptors (Lipinski definition) is 11. The smallest absolute Gasteiger partial charge is 0.375 e. The van der Waals surface area contributed by atoms with E-state index >= 15 is 8.78 Å². The molecule has 13 heteroatoms. The summed E-state index contributed by atoms with van der Waals surface area (Å²) in [7, 11) is 0. The largest absolute Gasteiger partial charge is 0.457 e. The van der Waals surface area contributed by atoms with Gasteiger partial charge in [-0.15, -0.1) is 0 Å². The van der Waals surface area contributed by atoms with Crippen molar-refractivity contribution in [3.63, 3.8) is 0 Å². The molecule has 0 bridgehead atoms. The Morgan fingerprint density at radius 1 is 1.19 bits per heavy atom. The number of allylic oxidation sites excluding steroid dienone is 4. The second-order valence-electron chi connectivity index (χ2n) is 13.4. The summed E-state index contributed by atoms with van der Waals surface area (Å²) in [5.74, 6) is -0.224. The van der Waals surface area contributed by atoms with Crippen LogP contribution in [0.15, 0.2) is 46.6 Å². The van der Waals surface area contributed by atoms with Crippen LogP contribution in [0.25, 0.3) is 0 Å². The quantitative estimate of drug-likeness (QED) is 0.246. The van der Waals surface area contributed by atoms with Gasteiger partial charge in [0.05, 0.1) is 18.1 Å². The average Bonchev–Trinajstić information content (AvgIpc) is 3.63. The minimum absolute atomic E-state index is 0.0188. The van der Waals surface area contributed by atoms with E-state index in [1.807, 2.05) is 0 Å². The normalized spacial score (nSPS) is 37.0. The number of esters is 3. The molecule has 0 saturated heterocycles. The molecule has 1 heterocycles. The lowest BCUT2D eigenvalue weighted by Gasteiger charge is -2.63. The molecule has 3 fully saturated rings. The van der Waals surface area contributed by atoms with Crippen molar-refractivity contribution in [3.05, 3.63) is 48.0 Å². The molecule has 0 radical (unpaired) electrons. The molecule has 10 atom stereocenters. The predicted molar refractivity (Wildman–Crippen MR) is 167 cm³/mol. The van der Waals surface area contributed by atoms with Crippen LogP contribution >= 0.6 is 11.8 Å². The molecule has 3 saturated carbocycles. The van der Waals surface area contributed by atoms with E-state index in [-0.39, 0.29) is 43.0 Å². The maximum absolute atomic E-state index is 17.7. The van der Waals surface area contributed by atoms with Gasteiger partial charge in [0.15, 0.2) is 29.8 Å². The molecule has 0 unspecified atom stereocenters. The van der Waals surface area contributed by atoms with Crippen molar-refractivity contribution in [2.45, 2.75) is 83.5 Å². The van der Waals surface area contributed by atoms with Crippen molar-refractivity contribution < 1.29 is 56.5 Å². The van der Waals surface area contributed by atoms with Gasteiger partial charge in [0, 0.05) is 29.6 Å². The summed E-state index contributed by atoms with van der Waals surface area (Å²) in [6.45, 7) is 7.05. The third-order valence-corrected chi connectivity index (χ3v) is 11.7. The number of ether oxygens (including phenoxy) is 3. The molecular weight excluding hydrogens is 650 g/mol. The molecule has 0 aliphatic heterocycles. The number of hydrogen-bond donors (Lipinski definition) is 1. The van der Waals surface area contributed by atoms with Gasteiger partial charge in [0.25, 0.3) is 0 Å². The highest BCUT2D eigenvalue weighted by Crippen LogP contribution is 2.72. The Bertz CT molecular complexity index is 1630. The lowest BCUT2D eigenvalue weighted by Crippen LogP contribution is -2.70. The first-order valence-electron chi connectivity index (χ1n) is 15.7. The summed E-state index contributed by atoms with van der Waals surface area (Å²) >= 11 is 0.754. The van der Waals surface area contributed by atoms with Crippen LogP contribution in [0, 0.1) is 40.4 Å². The van der Waals surface area contributed by atoms with Gasteiger partial charge in [-0.05, 0) is 68.9 Å². The topological polar surface area (TPSA) is 146 Å². The fraction of sp³-hybridized carbons (Fsp3) is 0.571. The van der Waals surface area contributed by atoms with Gasteiger partial charge >= 0.3 is 17.9 Å². The highest BCUT2D eigenvalue weighted by molar-refractivity contribution is 8.14. The first-order valence-corrected chi connectivity index (χ1v) is 16.7. The molecular formula is C35H38F2O10S. The zero-order valence-electron chi connectivity index (χ0n) is 27.2. The monoisotopic (exact) mass is 688 g/mol. The minimum Gasteiger partial charge on any atom is -0.457 e. The Hall–Kier alpha value is -3.76. The van der Waals surface area contributed by atoms with Crippen LogP contribution < -0.4 is 0 Å². The lowest BCUT2D eigenvalue weighted by atomic mass is 9.44. The molecule has 0 amide bonds. The maximum Gasteiger partial charge on any atom is 0.375 e. The summed E-state index contributed by atoms with van der Waals surface area (Å²) in [5.41, 5.74) is -7.26. The van der Waals surface area contributed by atoms with Crippen molar-refractivity contribution in [3.8, 4) is 11.8 Å². The number of furan rings is 1. The highest BCUT2D eigenvalue weighted by Gasteiger charge is 2.78. The fourth-order valence-electron chi connectivity index (χ4n) is 8.64. The molecule has 4 aliphatic rings. The molecule has 4 aliphatic carbocycles. The van der Waals surface area contributed by atoms with Crippen molar-refractivity contribution in [1.29, 1.82) is 0 Å². The summed E-state index contributed by atoms with van der Waals surface area (Å²) < 4.78 is 54.7.